The molecule has 1 saturated heterocycles. The van der Waals surface area contributed by atoms with Crippen LogP contribution in [0.4, 0.5) is 5.69 Å². The van der Waals surface area contributed by atoms with Crippen molar-refractivity contribution in [2.75, 3.05) is 18.0 Å². The quantitative estimate of drug-likeness (QED) is 0.813. The van der Waals surface area contributed by atoms with Crippen molar-refractivity contribution in [3.63, 3.8) is 0 Å². The second kappa shape index (κ2) is 8.60. The van der Waals surface area contributed by atoms with Gasteiger partial charge in [0.15, 0.2) is 0 Å². The van der Waals surface area contributed by atoms with Crippen LogP contribution in [-0.2, 0) is 11.2 Å². The van der Waals surface area contributed by atoms with Gasteiger partial charge in [0.1, 0.15) is 0 Å². The van der Waals surface area contributed by atoms with Crippen molar-refractivity contribution in [1.82, 2.24) is 5.32 Å². The van der Waals surface area contributed by atoms with Crippen molar-refractivity contribution >= 4 is 11.6 Å². The van der Waals surface area contributed by atoms with E-state index in [1.807, 2.05) is 0 Å². The average molecular weight is 365 g/mol. The van der Waals surface area contributed by atoms with Crippen LogP contribution in [0.2, 0.25) is 0 Å². The topological polar surface area (TPSA) is 32.3 Å². The molecule has 1 fully saturated rings. The van der Waals surface area contributed by atoms with Crippen molar-refractivity contribution < 1.29 is 4.79 Å². The van der Waals surface area contributed by atoms with Crippen LogP contribution in [0.25, 0.3) is 0 Å². The molecule has 1 amide bonds. The summed E-state index contributed by atoms with van der Waals surface area (Å²) in [6.45, 7) is 10.8. The number of hydrogen-bond donors (Lipinski definition) is 1. The van der Waals surface area contributed by atoms with E-state index in [9.17, 15) is 4.79 Å². The second-order valence-electron chi connectivity index (χ2n) is 8.18. The lowest BCUT2D eigenvalue weighted by Crippen LogP contribution is -2.34. The SMILES string of the molecule is Cc1ccc(C)c(CC(=O)N[C@@H](C)c2ccc(N3CCC[C@H](C)C3)cc2)c1. The summed E-state index contributed by atoms with van der Waals surface area (Å²) in [5.74, 6) is 0.840. The Labute approximate surface area is 163 Å². The largest absolute Gasteiger partial charge is 0.371 e. The monoisotopic (exact) mass is 364 g/mol. The van der Waals surface area contributed by atoms with Crippen LogP contribution >= 0.6 is 0 Å². The molecule has 3 heteroatoms. The molecule has 0 bridgehead atoms. The van der Waals surface area contributed by atoms with Gasteiger partial charge in [-0.2, -0.15) is 0 Å². The number of piperidine rings is 1. The fourth-order valence-corrected chi connectivity index (χ4v) is 3.94. The molecule has 27 heavy (non-hydrogen) atoms. The summed E-state index contributed by atoms with van der Waals surface area (Å²) in [4.78, 5) is 15.0. The highest BCUT2D eigenvalue weighted by atomic mass is 16.1. The molecule has 0 aromatic heterocycles. The smallest absolute Gasteiger partial charge is 0.224 e. The summed E-state index contributed by atoms with van der Waals surface area (Å²) in [6, 6.07) is 15.0. The van der Waals surface area contributed by atoms with Crippen molar-refractivity contribution in [3.05, 3.63) is 64.7 Å². The first-order valence-corrected chi connectivity index (χ1v) is 10.1. The molecule has 0 aliphatic carbocycles. The normalized spacial score (nSPS) is 18.2. The molecule has 144 valence electrons. The maximum atomic E-state index is 12.5. The molecule has 2 aromatic rings. The molecule has 1 N–H and O–H groups in total. The fraction of sp³-hybridized carbons (Fsp3) is 0.458. The first-order chi connectivity index (χ1) is 12.9. The van der Waals surface area contributed by atoms with Crippen LogP contribution in [-0.4, -0.2) is 19.0 Å². The highest BCUT2D eigenvalue weighted by Crippen LogP contribution is 2.24. The Morgan fingerprint density at radius 2 is 1.93 bits per heavy atom. The van der Waals surface area contributed by atoms with Gasteiger partial charge in [0.2, 0.25) is 5.91 Å². The minimum absolute atomic E-state index is 0.0111. The Balaban J connectivity index is 1.59. The van der Waals surface area contributed by atoms with Gasteiger partial charge in [0.05, 0.1) is 12.5 Å². The van der Waals surface area contributed by atoms with Gasteiger partial charge in [-0.1, -0.05) is 42.8 Å². The van der Waals surface area contributed by atoms with Gasteiger partial charge < -0.3 is 10.2 Å². The van der Waals surface area contributed by atoms with Crippen molar-refractivity contribution in [2.24, 2.45) is 5.92 Å². The summed E-state index contributed by atoms with van der Waals surface area (Å²) in [7, 11) is 0. The number of carbonyl (C=O) groups excluding carboxylic acids is 1. The predicted molar refractivity (Wildman–Crippen MR) is 113 cm³/mol. The maximum Gasteiger partial charge on any atom is 0.224 e. The summed E-state index contributed by atoms with van der Waals surface area (Å²) in [6.07, 6.45) is 3.04. The van der Waals surface area contributed by atoms with Gasteiger partial charge in [-0.3, -0.25) is 4.79 Å². The van der Waals surface area contributed by atoms with Gasteiger partial charge in [0, 0.05) is 18.8 Å². The van der Waals surface area contributed by atoms with Crippen LogP contribution in [0.15, 0.2) is 42.5 Å². The van der Waals surface area contributed by atoms with Gasteiger partial charge in [-0.15, -0.1) is 0 Å². The van der Waals surface area contributed by atoms with Gasteiger partial charge in [0.25, 0.3) is 0 Å². The zero-order valence-electron chi connectivity index (χ0n) is 17.1. The molecule has 0 spiro atoms. The number of nitrogens with zero attached hydrogens (tertiary/aromatic N) is 1. The van der Waals surface area contributed by atoms with E-state index in [-0.39, 0.29) is 11.9 Å². The zero-order chi connectivity index (χ0) is 19.4. The van der Waals surface area contributed by atoms with Crippen LogP contribution in [0.3, 0.4) is 0 Å². The van der Waals surface area contributed by atoms with E-state index in [0.29, 0.717) is 6.42 Å². The number of hydrogen-bond acceptors (Lipinski definition) is 2. The lowest BCUT2D eigenvalue weighted by Gasteiger charge is -2.33. The average Bonchev–Trinajstić information content (AvgIpc) is 2.65. The third-order valence-electron chi connectivity index (χ3n) is 5.65. The van der Waals surface area contributed by atoms with Gasteiger partial charge >= 0.3 is 0 Å². The Morgan fingerprint density at radius 1 is 1.19 bits per heavy atom. The number of rotatable bonds is 5. The molecule has 3 nitrogen and oxygen atoms in total. The fourth-order valence-electron chi connectivity index (χ4n) is 3.94. The van der Waals surface area contributed by atoms with E-state index in [2.05, 4.69) is 80.4 Å². The number of carbonyl (C=O) groups is 1. The maximum absolute atomic E-state index is 12.5. The lowest BCUT2D eigenvalue weighted by atomic mass is 9.99. The van der Waals surface area contributed by atoms with E-state index in [0.717, 1.165) is 30.1 Å². The van der Waals surface area contributed by atoms with Gasteiger partial charge in [-0.05, 0) is 68.4 Å². The summed E-state index contributed by atoms with van der Waals surface area (Å²) in [5, 5.41) is 3.14. The number of amides is 1. The minimum Gasteiger partial charge on any atom is -0.371 e. The third kappa shape index (κ3) is 5.12. The zero-order valence-corrected chi connectivity index (χ0v) is 17.1. The van der Waals surface area contributed by atoms with E-state index in [1.165, 1.54) is 29.7 Å². The molecule has 2 atom stereocenters. The van der Waals surface area contributed by atoms with Crippen LogP contribution in [0.1, 0.15) is 55.0 Å². The molecule has 3 rings (SSSR count). The van der Waals surface area contributed by atoms with E-state index < -0.39 is 0 Å². The van der Waals surface area contributed by atoms with Crippen molar-refractivity contribution in [1.29, 1.82) is 0 Å². The number of anilines is 1. The Morgan fingerprint density at radius 3 is 2.63 bits per heavy atom. The summed E-state index contributed by atoms with van der Waals surface area (Å²) in [5.41, 5.74) is 5.91. The molecule has 2 aromatic carbocycles. The van der Waals surface area contributed by atoms with E-state index in [4.69, 9.17) is 0 Å². The number of aryl methyl sites for hydroxylation is 2. The summed E-state index contributed by atoms with van der Waals surface area (Å²) >= 11 is 0. The molecule has 1 aliphatic heterocycles. The summed E-state index contributed by atoms with van der Waals surface area (Å²) < 4.78 is 0. The molecular weight excluding hydrogens is 332 g/mol. The Kier molecular flexibility index (Phi) is 6.20. The molecule has 0 saturated carbocycles. The van der Waals surface area contributed by atoms with Crippen molar-refractivity contribution in [2.45, 2.75) is 53.0 Å². The van der Waals surface area contributed by atoms with Crippen LogP contribution < -0.4 is 10.2 Å². The van der Waals surface area contributed by atoms with Crippen molar-refractivity contribution in [3.8, 4) is 0 Å². The molecular formula is C24H32N2O. The standard InChI is InChI=1S/C24H32N2O/c1-17-7-8-19(3)22(14-17)15-24(27)25-20(4)21-9-11-23(12-10-21)26-13-5-6-18(2)16-26/h7-12,14,18,20H,5-6,13,15-16H2,1-4H3,(H,25,27)/t18-,20-/m0/s1. The second-order valence-corrected chi connectivity index (χ2v) is 8.18. The number of benzene rings is 2. The molecule has 0 unspecified atom stereocenters. The van der Waals surface area contributed by atoms with E-state index in [1.54, 1.807) is 0 Å². The Hall–Kier alpha value is -2.29. The first-order valence-electron chi connectivity index (χ1n) is 10.1. The van der Waals surface area contributed by atoms with Gasteiger partial charge in [-0.25, -0.2) is 0 Å². The highest BCUT2D eigenvalue weighted by Gasteiger charge is 2.17. The predicted octanol–water partition coefficient (Wildman–Crippen LogP) is 4.96. The molecule has 0 radical (unpaired) electrons. The molecule has 1 aliphatic rings. The third-order valence-corrected chi connectivity index (χ3v) is 5.65. The number of nitrogens with one attached hydrogen (secondary N) is 1. The molecule has 1 heterocycles. The highest BCUT2D eigenvalue weighted by molar-refractivity contribution is 5.79. The minimum atomic E-state index is 0.0111. The Bertz CT molecular complexity index is 781. The van der Waals surface area contributed by atoms with Crippen LogP contribution in [0, 0.1) is 19.8 Å². The van der Waals surface area contributed by atoms with Crippen LogP contribution in [0.5, 0.6) is 0 Å². The van der Waals surface area contributed by atoms with E-state index >= 15 is 0 Å². The lowest BCUT2D eigenvalue weighted by molar-refractivity contribution is -0.121. The first kappa shape index (κ1) is 19.5.